The van der Waals surface area contributed by atoms with Crippen LogP contribution in [-0.4, -0.2) is 11.8 Å². The fraction of sp³-hybridized carbons (Fsp3) is 0.500. The Kier molecular flexibility index (Phi) is 3.34. The molecule has 0 aromatic heterocycles. The van der Waals surface area contributed by atoms with Gasteiger partial charge in [-0.1, -0.05) is 25.0 Å². The van der Waals surface area contributed by atoms with Gasteiger partial charge < -0.3 is 5.73 Å². The minimum absolute atomic E-state index is 0.0278. The summed E-state index contributed by atoms with van der Waals surface area (Å²) in [6.07, 6.45) is 3.78. The molecule has 1 aliphatic carbocycles. The van der Waals surface area contributed by atoms with Crippen molar-refractivity contribution in [1.82, 2.24) is 0 Å². The number of nitrogens with zero attached hydrogens (tertiary/aromatic N) is 1. The number of nitrogens with two attached hydrogens (primary N) is 1. The summed E-state index contributed by atoms with van der Waals surface area (Å²) < 4.78 is 0. The summed E-state index contributed by atoms with van der Waals surface area (Å²) in [5, 5.41) is 0. The molecule has 0 radical (unpaired) electrons. The van der Waals surface area contributed by atoms with Gasteiger partial charge in [0.1, 0.15) is 0 Å². The lowest BCUT2D eigenvalue weighted by atomic mass is 9.81. The normalized spacial score (nSPS) is 26.0. The number of hydrogen-bond donors (Lipinski definition) is 1. The van der Waals surface area contributed by atoms with E-state index in [1.165, 1.54) is 4.90 Å². The molecule has 2 N–H and O–H groups in total. The molecule has 2 atom stereocenters. The van der Waals surface area contributed by atoms with E-state index in [2.05, 4.69) is 0 Å². The van der Waals surface area contributed by atoms with E-state index in [1.807, 2.05) is 25.1 Å². The SMILES string of the molecule is Cc1cccc(N2C(=O)C3CCCCC3C2=O)c1CN. The van der Waals surface area contributed by atoms with Crippen LogP contribution >= 0.6 is 0 Å². The summed E-state index contributed by atoms with van der Waals surface area (Å²) >= 11 is 0. The minimum atomic E-state index is -0.109. The van der Waals surface area contributed by atoms with Gasteiger partial charge in [-0.15, -0.1) is 0 Å². The first-order valence-corrected chi connectivity index (χ1v) is 7.31. The molecule has 4 heteroatoms. The van der Waals surface area contributed by atoms with Crippen molar-refractivity contribution >= 4 is 17.5 Å². The molecule has 1 aromatic carbocycles. The molecule has 0 bridgehead atoms. The van der Waals surface area contributed by atoms with Gasteiger partial charge in [-0.3, -0.25) is 9.59 Å². The van der Waals surface area contributed by atoms with E-state index < -0.39 is 0 Å². The first-order chi connectivity index (χ1) is 9.65. The van der Waals surface area contributed by atoms with Gasteiger partial charge in [0.05, 0.1) is 17.5 Å². The number of rotatable bonds is 2. The fourth-order valence-electron chi connectivity index (χ4n) is 3.56. The van der Waals surface area contributed by atoms with Crippen LogP contribution in [-0.2, 0) is 16.1 Å². The molecule has 1 aromatic rings. The zero-order valence-corrected chi connectivity index (χ0v) is 11.8. The molecule has 2 amide bonds. The van der Waals surface area contributed by atoms with Crippen molar-refractivity contribution in [1.29, 1.82) is 0 Å². The number of carbonyl (C=O) groups excluding carboxylic acids is 2. The van der Waals surface area contributed by atoms with Gasteiger partial charge in [0.15, 0.2) is 0 Å². The highest BCUT2D eigenvalue weighted by molar-refractivity contribution is 6.22. The highest BCUT2D eigenvalue weighted by Crippen LogP contribution is 2.41. The molecule has 20 heavy (non-hydrogen) atoms. The Bertz CT molecular complexity index is 544. The molecule has 2 unspecified atom stereocenters. The second-order valence-corrected chi connectivity index (χ2v) is 5.79. The maximum Gasteiger partial charge on any atom is 0.237 e. The Morgan fingerprint density at radius 3 is 2.30 bits per heavy atom. The fourth-order valence-corrected chi connectivity index (χ4v) is 3.56. The van der Waals surface area contributed by atoms with Gasteiger partial charge in [0.25, 0.3) is 0 Å². The summed E-state index contributed by atoms with van der Waals surface area (Å²) in [4.78, 5) is 26.6. The van der Waals surface area contributed by atoms with Crippen LogP contribution in [0, 0.1) is 18.8 Å². The molecule has 2 fully saturated rings. The van der Waals surface area contributed by atoms with Crippen molar-refractivity contribution in [3.8, 4) is 0 Å². The van der Waals surface area contributed by atoms with E-state index in [-0.39, 0.29) is 23.7 Å². The first-order valence-electron chi connectivity index (χ1n) is 7.31. The van der Waals surface area contributed by atoms with E-state index >= 15 is 0 Å². The van der Waals surface area contributed by atoms with Crippen LogP contribution < -0.4 is 10.6 Å². The molecule has 1 aliphatic heterocycles. The zero-order valence-electron chi connectivity index (χ0n) is 11.8. The van der Waals surface area contributed by atoms with Gasteiger partial charge >= 0.3 is 0 Å². The predicted molar refractivity (Wildman–Crippen MR) is 77.0 cm³/mol. The van der Waals surface area contributed by atoms with Crippen LogP contribution in [0.2, 0.25) is 0 Å². The third kappa shape index (κ3) is 1.86. The van der Waals surface area contributed by atoms with E-state index in [0.717, 1.165) is 36.8 Å². The van der Waals surface area contributed by atoms with E-state index in [1.54, 1.807) is 0 Å². The van der Waals surface area contributed by atoms with E-state index in [9.17, 15) is 9.59 Å². The lowest BCUT2D eigenvalue weighted by Gasteiger charge is -2.19. The number of carbonyl (C=O) groups is 2. The van der Waals surface area contributed by atoms with Crippen LogP contribution in [0.25, 0.3) is 0 Å². The molecule has 1 saturated carbocycles. The summed E-state index contributed by atoms with van der Waals surface area (Å²) in [6.45, 7) is 2.30. The summed E-state index contributed by atoms with van der Waals surface area (Å²) in [6, 6.07) is 5.68. The summed E-state index contributed by atoms with van der Waals surface area (Å²) in [7, 11) is 0. The summed E-state index contributed by atoms with van der Waals surface area (Å²) in [5.74, 6) is -0.273. The quantitative estimate of drug-likeness (QED) is 0.839. The van der Waals surface area contributed by atoms with E-state index in [4.69, 9.17) is 5.73 Å². The second-order valence-electron chi connectivity index (χ2n) is 5.79. The Balaban J connectivity index is 2.04. The second kappa shape index (κ2) is 5.02. The first kappa shape index (κ1) is 13.3. The monoisotopic (exact) mass is 272 g/mol. The lowest BCUT2D eigenvalue weighted by molar-refractivity contribution is -0.122. The number of imide groups is 1. The minimum Gasteiger partial charge on any atom is -0.326 e. The number of aryl methyl sites for hydroxylation is 1. The highest BCUT2D eigenvalue weighted by atomic mass is 16.2. The van der Waals surface area contributed by atoms with Crippen molar-refractivity contribution in [3.05, 3.63) is 29.3 Å². The van der Waals surface area contributed by atoms with Gasteiger partial charge in [-0.25, -0.2) is 4.90 Å². The molecule has 1 heterocycles. The van der Waals surface area contributed by atoms with Crippen LogP contribution in [0.4, 0.5) is 5.69 Å². The smallest absolute Gasteiger partial charge is 0.237 e. The molecule has 1 saturated heterocycles. The lowest BCUT2D eigenvalue weighted by Crippen LogP contribution is -2.32. The van der Waals surface area contributed by atoms with E-state index in [0.29, 0.717) is 12.2 Å². The number of fused-ring (bicyclic) bond motifs is 1. The third-order valence-corrected chi connectivity index (χ3v) is 4.67. The molecule has 4 nitrogen and oxygen atoms in total. The van der Waals surface area contributed by atoms with Gasteiger partial charge in [0, 0.05) is 6.54 Å². The van der Waals surface area contributed by atoms with Gasteiger partial charge in [-0.2, -0.15) is 0 Å². The Hall–Kier alpha value is -1.68. The van der Waals surface area contributed by atoms with Crippen molar-refractivity contribution in [3.63, 3.8) is 0 Å². The highest BCUT2D eigenvalue weighted by Gasteiger charge is 2.49. The number of benzene rings is 1. The van der Waals surface area contributed by atoms with Crippen LogP contribution in [0.1, 0.15) is 36.8 Å². The molecular formula is C16H20N2O2. The third-order valence-electron chi connectivity index (χ3n) is 4.67. The Morgan fingerprint density at radius 2 is 1.75 bits per heavy atom. The van der Waals surface area contributed by atoms with Crippen molar-refractivity contribution in [2.45, 2.75) is 39.2 Å². The topological polar surface area (TPSA) is 63.4 Å². The maximum absolute atomic E-state index is 12.6. The zero-order chi connectivity index (χ0) is 14.3. The molecular weight excluding hydrogens is 252 g/mol. The average molecular weight is 272 g/mol. The van der Waals surface area contributed by atoms with Gasteiger partial charge in [-0.05, 0) is 37.0 Å². The van der Waals surface area contributed by atoms with Crippen LogP contribution in [0.5, 0.6) is 0 Å². The predicted octanol–water partition coefficient (Wildman–Crippen LogP) is 2.13. The maximum atomic E-state index is 12.6. The Morgan fingerprint density at radius 1 is 1.15 bits per heavy atom. The molecule has 2 aliphatic rings. The number of anilines is 1. The standard InChI is InChI=1S/C16H20N2O2/c1-10-5-4-8-14(13(10)9-17)18-15(19)11-6-2-3-7-12(11)16(18)20/h4-5,8,11-12H,2-3,6-7,9,17H2,1H3. The molecule has 3 rings (SSSR count). The summed E-state index contributed by atoms with van der Waals surface area (Å²) in [5.41, 5.74) is 8.42. The molecule has 106 valence electrons. The van der Waals surface area contributed by atoms with Crippen LogP contribution in [0.15, 0.2) is 18.2 Å². The Labute approximate surface area is 118 Å². The van der Waals surface area contributed by atoms with Crippen molar-refractivity contribution in [2.75, 3.05) is 4.90 Å². The average Bonchev–Trinajstić information content (AvgIpc) is 2.71. The van der Waals surface area contributed by atoms with Crippen molar-refractivity contribution < 1.29 is 9.59 Å². The van der Waals surface area contributed by atoms with Gasteiger partial charge in [0.2, 0.25) is 11.8 Å². The molecule has 0 spiro atoms. The number of amides is 2. The number of hydrogen-bond acceptors (Lipinski definition) is 3. The van der Waals surface area contributed by atoms with Crippen LogP contribution in [0.3, 0.4) is 0 Å². The largest absolute Gasteiger partial charge is 0.326 e. The van der Waals surface area contributed by atoms with Crippen molar-refractivity contribution in [2.24, 2.45) is 17.6 Å².